The van der Waals surface area contributed by atoms with Gasteiger partial charge in [0, 0.05) is 10.9 Å². The first-order chi connectivity index (χ1) is 8.81. The molecule has 0 atom stereocenters. The van der Waals surface area contributed by atoms with E-state index in [0.29, 0.717) is 5.75 Å². The largest absolute Gasteiger partial charge is 0.324 e. The van der Waals surface area contributed by atoms with Crippen LogP contribution in [-0.2, 0) is 11.2 Å². The number of fused-ring (bicyclic) bond motifs is 1. The second-order valence-corrected chi connectivity index (χ2v) is 6.02. The number of hydrogen-bond donors (Lipinski definition) is 2. The Hall–Kier alpha value is -1.00. The summed E-state index contributed by atoms with van der Waals surface area (Å²) >= 11 is 1.62. The number of hydrogen-bond acceptors (Lipinski definition) is 3. The fourth-order valence-corrected chi connectivity index (χ4v) is 2.96. The molecule has 0 aromatic heterocycles. The molecule has 1 aliphatic heterocycles. The van der Waals surface area contributed by atoms with E-state index in [1.54, 1.807) is 11.8 Å². The monoisotopic (exact) mass is 262 g/mol. The maximum atomic E-state index is 11.3. The summed E-state index contributed by atoms with van der Waals surface area (Å²) in [5.74, 6) is 0.650. The van der Waals surface area contributed by atoms with Crippen LogP contribution in [0.25, 0.3) is 0 Å². The van der Waals surface area contributed by atoms with Crippen molar-refractivity contribution in [1.29, 1.82) is 0 Å². The number of nitrogens with one attached hydrogen (secondary N) is 2. The molecule has 1 heterocycles. The van der Waals surface area contributed by atoms with E-state index in [-0.39, 0.29) is 5.91 Å². The van der Waals surface area contributed by atoms with E-state index in [0.717, 1.165) is 31.1 Å². The standard InChI is InChI=1S/C14H18N2OS/c17-14-9-18-13-6-3-10(8-12(13)16-14)2-1-7-15-11-4-5-11/h3,6,8,11,15H,1-2,4-5,7,9H2,(H,16,17). The second kappa shape index (κ2) is 5.33. The summed E-state index contributed by atoms with van der Waals surface area (Å²) in [4.78, 5) is 12.5. The van der Waals surface area contributed by atoms with E-state index < -0.39 is 0 Å². The Bertz CT molecular complexity index is 457. The summed E-state index contributed by atoms with van der Waals surface area (Å²) in [5, 5.41) is 6.47. The quantitative estimate of drug-likeness (QED) is 0.801. The molecule has 4 heteroatoms. The number of anilines is 1. The van der Waals surface area contributed by atoms with Crippen molar-refractivity contribution in [2.24, 2.45) is 0 Å². The van der Waals surface area contributed by atoms with Gasteiger partial charge in [0.25, 0.3) is 0 Å². The normalized spacial score (nSPS) is 18.3. The van der Waals surface area contributed by atoms with Gasteiger partial charge in [-0.15, -0.1) is 11.8 Å². The maximum Gasteiger partial charge on any atom is 0.234 e. The SMILES string of the molecule is O=C1CSc2ccc(CCCNC3CC3)cc2N1. The van der Waals surface area contributed by atoms with E-state index in [4.69, 9.17) is 0 Å². The maximum absolute atomic E-state index is 11.3. The molecular formula is C14H18N2OS. The van der Waals surface area contributed by atoms with Crippen molar-refractivity contribution in [3.05, 3.63) is 23.8 Å². The number of carbonyl (C=O) groups is 1. The van der Waals surface area contributed by atoms with Gasteiger partial charge in [0.2, 0.25) is 5.91 Å². The summed E-state index contributed by atoms with van der Waals surface area (Å²) in [6, 6.07) is 7.23. The molecule has 0 spiro atoms. The smallest absolute Gasteiger partial charge is 0.234 e. The van der Waals surface area contributed by atoms with Gasteiger partial charge in [-0.3, -0.25) is 4.79 Å². The Morgan fingerprint density at radius 3 is 3.11 bits per heavy atom. The molecule has 1 aliphatic carbocycles. The lowest BCUT2D eigenvalue weighted by Gasteiger charge is -2.17. The van der Waals surface area contributed by atoms with E-state index in [2.05, 4.69) is 28.8 Å². The van der Waals surface area contributed by atoms with E-state index in [9.17, 15) is 4.79 Å². The first-order valence-corrected chi connectivity index (χ1v) is 7.59. The Morgan fingerprint density at radius 1 is 1.39 bits per heavy atom. The van der Waals surface area contributed by atoms with E-state index in [1.165, 1.54) is 23.3 Å². The van der Waals surface area contributed by atoms with Gasteiger partial charge < -0.3 is 10.6 Å². The predicted molar refractivity (Wildman–Crippen MR) is 75.1 cm³/mol. The minimum atomic E-state index is 0.111. The van der Waals surface area contributed by atoms with Crippen LogP contribution in [0.1, 0.15) is 24.8 Å². The highest BCUT2D eigenvalue weighted by molar-refractivity contribution is 8.00. The molecule has 1 saturated carbocycles. The molecule has 0 radical (unpaired) electrons. The molecule has 1 fully saturated rings. The van der Waals surface area contributed by atoms with Crippen LogP contribution in [0.5, 0.6) is 0 Å². The van der Waals surface area contributed by atoms with Crippen molar-refractivity contribution in [3.8, 4) is 0 Å². The zero-order valence-electron chi connectivity index (χ0n) is 10.4. The zero-order chi connectivity index (χ0) is 12.4. The Balaban J connectivity index is 1.55. The second-order valence-electron chi connectivity index (χ2n) is 5.00. The van der Waals surface area contributed by atoms with Crippen LogP contribution in [0.3, 0.4) is 0 Å². The van der Waals surface area contributed by atoms with Crippen molar-refractivity contribution in [2.45, 2.75) is 36.6 Å². The minimum Gasteiger partial charge on any atom is -0.324 e. The van der Waals surface area contributed by atoms with Gasteiger partial charge in [-0.1, -0.05) is 6.07 Å². The molecule has 2 N–H and O–H groups in total. The molecule has 2 aliphatic rings. The molecule has 96 valence electrons. The molecule has 0 saturated heterocycles. The highest BCUT2D eigenvalue weighted by Gasteiger charge is 2.19. The molecule has 1 aromatic rings. The summed E-state index contributed by atoms with van der Waals surface area (Å²) in [5.41, 5.74) is 2.30. The van der Waals surface area contributed by atoms with Crippen LogP contribution in [0, 0.1) is 0 Å². The van der Waals surface area contributed by atoms with Crippen molar-refractivity contribution in [2.75, 3.05) is 17.6 Å². The Labute approximate surface area is 112 Å². The highest BCUT2D eigenvalue weighted by atomic mass is 32.2. The third-order valence-corrected chi connectivity index (χ3v) is 4.40. The topological polar surface area (TPSA) is 41.1 Å². The molecule has 0 unspecified atom stereocenters. The summed E-state index contributed by atoms with van der Waals surface area (Å²) in [6.07, 6.45) is 4.94. The first kappa shape index (κ1) is 12.1. The number of aryl methyl sites for hydroxylation is 1. The van der Waals surface area contributed by atoms with E-state index >= 15 is 0 Å². The van der Waals surface area contributed by atoms with Crippen molar-refractivity contribution >= 4 is 23.4 Å². The van der Waals surface area contributed by atoms with Crippen LogP contribution in [0.2, 0.25) is 0 Å². The molecule has 1 amide bonds. The van der Waals surface area contributed by atoms with Gasteiger partial charge in [0.05, 0.1) is 11.4 Å². The number of thioether (sulfide) groups is 1. The van der Waals surface area contributed by atoms with E-state index in [1.807, 2.05) is 0 Å². The summed E-state index contributed by atoms with van der Waals surface area (Å²) in [6.45, 7) is 1.10. The van der Waals surface area contributed by atoms with Crippen molar-refractivity contribution in [1.82, 2.24) is 5.32 Å². The average molecular weight is 262 g/mol. The predicted octanol–water partition coefficient (Wildman–Crippen LogP) is 2.42. The average Bonchev–Trinajstić information content (AvgIpc) is 3.18. The van der Waals surface area contributed by atoms with Crippen LogP contribution >= 0.6 is 11.8 Å². The van der Waals surface area contributed by atoms with Crippen LogP contribution in [0.15, 0.2) is 23.1 Å². The van der Waals surface area contributed by atoms with Crippen molar-refractivity contribution < 1.29 is 4.79 Å². The minimum absolute atomic E-state index is 0.111. The Kier molecular flexibility index (Phi) is 3.57. The molecular weight excluding hydrogens is 244 g/mol. The third-order valence-electron chi connectivity index (χ3n) is 3.33. The molecule has 18 heavy (non-hydrogen) atoms. The fourth-order valence-electron chi connectivity index (χ4n) is 2.17. The van der Waals surface area contributed by atoms with Gasteiger partial charge in [-0.2, -0.15) is 0 Å². The van der Waals surface area contributed by atoms with Crippen LogP contribution < -0.4 is 10.6 Å². The molecule has 1 aromatic carbocycles. The molecule has 3 rings (SSSR count). The Morgan fingerprint density at radius 2 is 2.28 bits per heavy atom. The third kappa shape index (κ3) is 3.06. The zero-order valence-corrected chi connectivity index (χ0v) is 11.2. The number of benzene rings is 1. The molecule has 3 nitrogen and oxygen atoms in total. The van der Waals surface area contributed by atoms with Crippen molar-refractivity contribution in [3.63, 3.8) is 0 Å². The number of carbonyl (C=O) groups excluding carboxylic acids is 1. The summed E-state index contributed by atoms with van der Waals surface area (Å²) < 4.78 is 0. The number of rotatable bonds is 5. The van der Waals surface area contributed by atoms with Gasteiger partial charge >= 0.3 is 0 Å². The summed E-state index contributed by atoms with van der Waals surface area (Å²) in [7, 11) is 0. The van der Waals surface area contributed by atoms with Gasteiger partial charge in [-0.05, 0) is 49.9 Å². The molecule has 0 bridgehead atoms. The number of amides is 1. The van der Waals surface area contributed by atoms with Gasteiger partial charge in [0.15, 0.2) is 0 Å². The van der Waals surface area contributed by atoms with Gasteiger partial charge in [0.1, 0.15) is 0 Å². The van der Waals surface area contributed by atoms with Gasteiger partial charge in [-0.25, -0.2) is 0 Å². The lowest BCUT2D eigenvalue weighted by atomic mass is 10.1. The highest BCUT2D eigenvalue weighted by Crippen LogP contribution is 2.32. The lowest BCUT2D eigenvalue weighted by Crippen LogP contribution is -2.19. The lowest BCUT2D eigenvalue weighted by molar-refractivity contribution is -0.113. The van der Waals surface area contributed by atoms with Crippen LogP contribution in [0.4, 0.5) is 5.69 Å². The van der Waals surface area contributed by atoms with Crippen LogP contribution in [-0.4, -0.2) is 24.2 Å². The first-order valence-electron chi connectivity index (χ1n) is 6.60. The fraction of sp³-hybridized carbons (Fsp3) is 0.500.